The minimum Gasteiger partial charge on any atom is -0.507 e. The van der Waals surface area contributed by atoms with Crippen LogP contribution in [0.4, 0.5) is 0 Å². The molecule has 3 N–H and O–H groups in total. The molecule has 0 heterocycles. The van der Waals surface area contributed by atoms with E-state index in [0.717, 1.165) is 19.3 Å². The van der Waals surface area contributed by atoms with E-state index in [0.29, 0.717) is 69.3 Å². The normalized spacial score (nSPS) is 10.9. The quantitative estimate of drug-likeness (QED) is 0.102. The molecule has 0 amide bonds. The Labute approximate surface area is 280 Å². The lowest BCUT2D eigenvalue weighted by atomic mass is 9.88. The number of aromatic hydroxyl groups is 3. The molecule has 0 unspecified atom stereocenters. The van der Waals surface area contributed by atoms with Crippen molar-refractivity contribution in [3.05, 3.63) is 88.0 Å². The first-order chi connectivity index (χ1) is 23.0. The predicted molar refractivity (Wildman–Crippen MR) is 184 cm³/mol. The summed E-state index contributed by atoms with van der Waals surface area (Å²) in [5, 5.41) is 32.8. The van der Waals surface area contributed by atoms with E-state index in [1.54, 1.807) is 18.2 Å². The molecule has 0 spiro atoms. The highest BCUT2D eigenvalue weighted by Crippen LogP contribution is 2.40. The molecule has 9 heteroatoms. The lowest BCUT2D eigenvalue weighted by Crippen LogP contribution is -2.05. The molecule has 9 nitrogen and oxygen atoms in total. The molecule has 48 heavy (non-hydrogen) atoms. The summed E-state index contributed by atoms with van der Waals surface area (Å²) in [5.74, 6) is -2.46. The van der Waals surface area contributed by atoms with Crippen LogP contribution in [-0.2, 0) is 33.5 Å². The zero-order chi connectivity index (χ0) is 35.1. The van der Waals surface area contributed by atoms with Crippen molar-refractivity contribution in [3.63, 3.8) is 0 Å². The highest BCUT2D eigenvalue weighted by atomic mass is 16.5. The van der Waals surface area contributed by atoms with Gasteiger partial charge in [-0.2, -0.15) is 0 Å². The second-order valence-electron chi connectivity index (χ2n) is 11.6. The Morgan fingerprint density at radius 1 is 0.438 bits per heavy atom. The zero-order valence-corrected chi connectivity index (χ0v) is 28.2. The van der Waals surface area contributed by atoms with Crippen LogP contribution in [0.5, 0.6) is 17.2 Å². The van der Waals surface area contributed by atoms with Gasteiger partial charge < -0.3 is 29.5 Å². The van der Waals surface area contributed by atoms with Crippen molar-refractivity contribution in [1.82, 2.24) is 0 Å². The van der Waals surface area contributed by atoms with Gasteiger partial charge in [0.15, 0.2) is 0 Å². The van der Waals surface area contributed by atoms with E-state index in [-0.39, 0.29) is 33.9 Å². The molecule has 0 radical (unpaired) electrons. The van der Waals surface area contributed by atoms with E-state index in [1.807, 2.05) is 57.2 Å². The standard InChI is InChI=1S/C39H42O9/c1-7-10-22-13-28(19-31(34(22)40)37(43)46-4)25-16-26(29-14-23(11-8-2)35(41)32(20-29)38(44)47-5)18-27(17-25)30-15-24(12-9-3)36(42)33(21-30)39(45)48-6/h13-21,40-42H,7-12H2,1-6H3. The molecule has 4 rings (SSSR count). The van der Waals surface area contributed by atoms with Gasteiger partial charge in [0, 0.05) is 0 Å². The third-order valence-electron chi connectivity index (χ3n) is 8.27. The molecule has 0 saturated heterocycles. The molecule has 0 atom stereocenters. The van der Waals surface area contributed by atoms with Crippen LogP contribution in [0.25, 0.3) is 33.4 Å². The minimum absolute atomic E-state index is 0.0242. The highest BCUT2D eigenvalue weighted by Gasteiger charge is 2.22. The number of aryl methyl sites for hydroxylation is 3. The van der Waals surface area contributed by atoms with Crippen molar-refractivity contribution in [1.29, 1.82) is 0 Å². The van der Waals surface area contributed by atoms with Gasteiger partial charge in [-0.1, -0.05) is 40.0 Å². The number of ether oxygens (including phenoxy) is 3. The van der Waals surface area contributed by atoms with Crippen LogP contribution in [0.15, 0.2) is 54.6 Å². The van der Waals surface area contributed by atoms with Crippen LogP contribution >= 0.6 is 0 Å². The summed E-state index contributed by atoms with van der Waals surface area (Å²) in [6, 6.07) is 15.9. The molecular weight excluding hydrogens is 612 g/mol. The Balaban J connectivity index is 2.12. The monoisotopic (exact) mass is 654 g/mol. The van der Waals surface area contributed by atoms with Gasteiger partial charge in [0.25, 0.3) is 0 Å². The van der Waals surface area contributed by atoms with E-state index in [2.05, 4.69) is 0 Å². The highest BCUT2D eigenvalue weighted by molar-refractivity contribution is 5.98. The van der Waals surface area contributed by atoms with Crippen LogP contribution in [0.2, 0.25) is 0 Å². The number of hydrogen-bond donors (Lipinski definition) is 3. The molecule has 0 bridgehead atoms. The maximum absolute atomic E-state index is 12.8. The van der Waals surface area contributed by atoms with Gasteiger partial charge >= 0.3 is 17.9 Å². The Bertz CT molecular complexity index is 1630. The molecular formula is C39H42O9. The summed E-state index contributed by atoms with van der Waals surface area (Å²) < 4.78 is 14.9. The third-order valence-corrected chi connectivity index (χ3v) is 8.27. The van der Waals surface area contributed by atoms with E-state index in [9.17, 15) is 29.7 Å². The molecule has 0 aliphatic heterocycles. The number of methoxy groups -OCH3 is 3. The number of carbonyl (C=O) groups is 3. The average molecular weight is 655 g/mol. The average Bonchev–Trinajstić information content (AvgIpc) is 3.09. The lowest BCUT2D eigenvalue weighted by Gasteiger charge is -2.17. The van der Waals surface area contributed by atoms with Crippen LogP contribution in [0.1, 0.15) is 87.8 Å². The van der Waals surface area contributed by atoms with Crippen LogP contribution in [-0.4, -0.2) is 54.6 Å². The molecule has 4 aromatic rings. The van der Waals surface area contributed by atoms with E-state index >= 15 is 0 Å². The van der Waals surface area contributed by atoms with Crippen molar-refractivity contribution < 1.29 is 43.9 Å². The first kappa shape index (κ1) is 35.5. The molecule has 0 aliphatic carbocycles. The molecule has 0 aromatic heterocycles. The molecule has 4 aromatic carbocycles. The molecule has 0 saturated carbocycles. The van der Waals surface area contributed by atoms with Crippen LogP contribution < -0.4 is 0 Å². The van der Waals surface area contributed by atoms with Gasteiger partial charge in [-0.25, -0.2) is 14.4 Å². The first-order valence-corrected chi connectivity index (χ1v) is 16.0. The smallest absolute Gasteiger partial charge is 0.341 e. The molecule has 0 aliphatic rings. The largest absolute Gasteiger partial charge is 0.507 e. The maximum Gasteiger partial charge on any atom is 0.341 e. The topological polar surface area (TPSA) is 140 Å². The fourth-order valence-corrected chi connectivity index (χ4v) is 5.89. The summed E-state index contributed by atoms with van der Waals surface area (Å²) in [5.41, 5.74) is 5.68. The summed E-state index contributed by atoms with van der Waals surface area (Å²) in [6.07, 6.45) is 3.69. The number of esters is 3. The van der Waals surface area contributed by atoms with Crippen molar-refractivity contribution >= 4 is 17.9 Å². The van der Waals surface area contributed by atoms with Gasteiger partial charge in [0.1, 0.15) is 33.9 Å². The Kier molecular flexibility index (Phi) is 11.5. The predicted octanol–water partition coefficient (Wildman–Crippen LogP) is 8.02. The van der Waals surface area contributed by atoms with Crippen molar-refractivity contribution in [2.24, 2.45) is 0 Å². The van der Waals surface area contributed by atoms with Crippen LogP contribution in [0.3, 0.4) is 0 Å². The number of rotatable bonds is 12. The Morgan fingerprint density at radius 2 is 0.667 bits per heavy atom. The number of phenolic OH excluding ortho intramolecular Hbond substituents is 3. The van der Waals surface area contributed by atoms with E-state index in [1.165, 1.54) is 21.3 Å². The second-order valence-corrected chi connectivity index (χ2v) is 11.6. The number of carbonyl (C=O) groups excluding carboxylic acids is 3. The Hall–Kier alpha value is -5.31. The lowest BCUT2D eigenvalue weighted by molar-refractivity contribution is 0.0588. The zero-order valence-electron chi connectivity index (χ0n) is 28.2. The van der Waals surface area contributed by atoms with Gasteiger partial charge in [-0.05, 0) is 124 Å². The van der Waals surface area contributed by atoms with E-state index in [4.69, 9.17) is 14.2 Å². The third kappa shape index (κ3) is 7.30. The summed E-state index contributed by atoms with van der Waals surface area (Å²) in [4.78, 5) is 38.3. The fraction of sp³-hybridized carbons (Fsp3) is 0.308. The maximum atomic E-state index is 12.8. The van der Waals surface area contributed by atoms with Crippen molar-refractivity contribution in [2.75, 3.05) is 21.3 Å². The van der Waals surface area contributed by atoms with Gasteiger partial charge in [0.05, 0.1) is 21.3 Å². The number of benzene rings is 4. The SMILES string of the molecule is CCCc1cc(-c2cc(-c3cc(CCC)c(O)c(C(=O)OC)c3)cc(-c3cc(CCC)c(O)c(C(=O)OC)c3)c2)cc(C(=O)OC)c1O. The molecule has 0 fully saturated rings. The Morgan fingerprint density at radius 3 is 0.875 bits per heavy atom. The number of hydrogen-bond acceptors (Lipinski definition) is 9. The van der Waals surface area contributed by atoms with Gasteiger partial charge in [-0.3, -0.25) is 0 Å². The summed E-state index contributed by atoms with van der Waals surface area (Å²) in [6.45, 7) is 5.91. The second kappa shape index (κ2) is 15.5. The minimum atomic E-state index is -0.681. The van der Waals surface area contributed by atoms with E-state index < -0.39 is 17.9 Å². The fourth-order valence-electron chi connectivity index (χ4n) is 5.89. The summed E-state index contributed by atoms with van der Waals surface area (Å²) in [7, 11) is 3.76. The van der Waals surface area contributed by atoms with Gasteiger partial charge in [0.2, 0.25) is 0 Å². The first-order valence-electron chi connectivity index (χ1n) is 16.0. The summed E-state index contributed by atoms with van der Waals surface area (Å²) >= 11 is 0. The van der Waals surface area contributed by atoms with Crippen LogP contribution in [0, 0.1) is 0 Å². The van der Waals surface area contributed by atoms with Crippen molar-refractivity contribution in [2.45, 2.75) is 59.3 Å². The molecule has 252 valence electrons. The van der Waals surface area contributed by atoms with Crippen molar-refractivity contribution in [3.8, 4) is 50.6 Å². The van der Waals surface area contributed by atoms with Gasteiger partial charge in [-0.15, -0.1) is 0 Å². The number of phenols is 3.